The number of piperidine rings is 1. The molecule has 5 rings (SSSR count). The Morgan fingerprint density at radius 1 is 1.35 bits per heavy atom. The van der Waals surface area contributed by atoms with Crippen molar-refractivity contribution >= 4 is 57.8 Å². The lowest BCUT2D eigenvalue weighted by atomic mass is 10.0. The molecule has 5 N–H and O–H groups in total. The van der Waals surface area contributed by atoms with E-state index in [0.29, 0.717) is 28.3 Å². The highest BCUT2D eigenvalue weighted by molar-refractivity contribution is 8.00. The van der Waals surface area contributed by atoms with E-state index >= 15 is 0 Å². The van der Waals surface area contributed by atoms with E-state index in [1.807, 2.05) is 7.05 Å². The van der Waals surface area contributed by atoms with Gasteiger partial charge in [0.05, 0.1) is 31.8 Å². The molecular weight excluding hydrogens is 524 g/mol. The van der Waals surface area contributed by atoms with Gasteiger partial charge < -0.3 is 36.0 Å². The highest BCUT2D eigenvalue weighted by Crippen LogP contribution is 2.53. The number of nitrogen functional groups attached to an aromatic ring is 1. The number of aliphatic carboxylic acids is 1. The fourth-order valence-corrected chi connectivity index (χ4v) is 7.60. The van der Waals surface area contributed by atoms with E-state index in [9.17, 15) is 29.5 Å². The van der Waals surface area contributed by atoms with Gasteiger partial charge in [0, 0.05) is 48.2 Å². The molecule has 3 fully saturated rings. The summed E-state index contributed by atoms with van der Waals surface area (Å²) >= 11 is 2.15. The summed E-state index contributed by atoms with van der Waals surface area (Å²) in [5.41, 5.74) is 5.44. The van der Waals surface area contributed by atoms with Gasteiger partial charge in [0.2, 0.25) is 17.4 Å². The first-order valence-electron chi connectivity index (χ1n) is 11.6. The van der Waals surface area contributed by atoms with Gasteiger partial charge >= 0.3 is 0 Å². The number of carbonyl (C=O) groups is 4. The van der Waals surface area contributed by atoms with Gasteiger partial charge in [-0.2, -0.15) is 9.36 Å². The third-order valence-corrected chi connectivity index (χ3v) is 9.49. The topological polar surface area (TPSA) is 203 Å². The minimum absolute atomic E-state index is 0.00857. The molecule has 4 aliphatic rings. The number of carboxylic acid groups (broad SMARTS) is 1. The number of oxime groups is 1. The number of hydrogen-bond acceptors (Lipinski definition) is 12. The number of carboxylic acids is 1. The van der Waals surface area contributed by atoms with Crippen LogP contribution in [0.3, 0.4) is 0 Å². The number of amides is 3. The van der Waals surface area contributed by atoms with Crippen LogP contribution in [0.15, 0.2) is 16.4 Å². The van der Waals surface area contributed by atoms with E-state index in [1.165, 1.54) is 11.8 Å². The first-order valence-corrected chi connectivity index (χ1v) is 13.5. The minimum atomic E-state index is -1.45. The summed E-state index contributed by atoms with van der Waals surface area (Å²) in [6, 6.07) is -1.03. The molecule has 1 aliphatic carbocycles. The van der Waals surface area contributed by atoms with Crippen molar-refractivity contribution in [1.82, 2.24) is 24.9 Å². The number of likely N-dealkylation sites (tertiary alicyclic amines) is 1. The Labute approximate surface area is 219 Å². The Balaban J connectivity index is 1.29. The monoisotopic (exact) mass is 550 g/mol. The molecule has 4 heterocycles. The van der Waals surface area contributed by atoms with E-state index in [-0.39, 0.29) is 34.4 Å². The predicted molar refractivity (Wildman–Crippen MR) is 130 cm³/mol. The number of rotatable bonds is 7. The van der Waals surface area contributed by atoms with Gasteiger partial charge in [-0.05, 0) is 5.92 Å². The van der Waals surface area contributed by atoms with Crippen LogP contribution in [0.25, 0.3) is 0 Å². The van der Waals surface area contributed by atoms with Gasteiger partial charge in [0.25, 0.3) is 11.8 Å². The second kappa shape index (κ2) is 9.25. The smallest absolute Gasteiger partial charge is 0.278 e. The predicted octanol–water partition coefficient (Wildman–Crippen LogP) is -2.84. The largest absolute Gasteiger partial charge is 0.543 e. The Morgan fingerprint density at radius 3 is 2.73 bits per heavy atom. The van der Waals surface area contributed by atoms with Gasteiger partial charge in [-0.3, -0.25) is 19.3 Å². The van der Waals surface area contributed by atoms with Crippen molar-refractivity contribution in [3.05, 3.63) is 17.1 Å². The number of carbonyl (C=O) groups excluding carboxylic acids is 4. The number of nitrogens with one attached hydrogen (secondary N) is 2. The van der Waals surface area contributed by atoms with Gasteiger partial charge in [-0.1, -0.05) is 5.16 Å². The first-order chi connectivity index (χ1) is 17.6. The molecule has 0 aromatic carbocycles. The number of thioether (sulfide) groups is 1. The number of hydrogen-bond donors (Lipinski definition) is 4. The molecule has 1 aromatic heterocycles. The molecule has 0 bridgehead atoms. The van der Waals surface area contributed by atoms with Crippen LogP contribution in [0.4, 0.5) is 5.13 Å². The zero-order valence-corrected chi connectivity index (χ0v) is 21.7. The van der Waals surface area contributed by atoms with E-state index in [4.69, 9.17) is 5.73 Å². The third-order valence-electron chi connectivity index (χ3n) is 7.60. The fourth-order valence-electron chi connectivity index (χ4n) is 5.83. The third kappa shape index (κ3) is 4.31. The highest BCUT2D eigenvalue weighted by Gasteiger charge is 2.60. The van der Waals surface area contributed by atoms with Crippen molar-refractivity contribution in [3.63, 3.8) is 0 Å². The normalized spacial score (nSPS) is 32.7. The highest BCUT2D eigenvalue weighted by atomic mass is 32.2. The molecule has 2 saturated heterocycles. The molecule has 4 unspecified atom stereocenters. The molecule has 16 heteroatoms. The quantitative estimate of drug-likeness (QED) is 0.0900. The molecule has 1 aromatic rings. The maximum atomic E-state index is 13.0. The van der Waals surface area contributed by atoms with Crippen LogP contribution >= 0.6 is 23.3 Å². The van der Waals surface area contributed by atoms with Crippen LogP contribution in [0.1, 0.15) is 12.2 Å². The summed E-state index contributed by atoms with van der Waals surface area (Å²) in [7, 11) is 3.68. The van der Waals surface area contributed by atoms with E-state index in [2.05, 4.69) is 25.1 Å². The second-order valence-corrected chi connectivity index (χ2v) is 11.8. The summed E-state index contributed by atoms with van der Waals surface area (Å²) in [4.78, 5) is 54.9. The summed E-state index contributed by atoms with van der Waals surface area (Å²) in [5.74, 6) is -2.08. The molecule has 6 atom stereocenters. The van der Waals surface area contributed by atoms with Crippen molar-refractivity contribution in [3.8, 4) is 0 Å². The molecule has 3 aliphatic heterocycles. The van der Waals surface area contributed by atoms with Crippen molar-refractivity contribution < 1.29 is 34.0 Å². The van der Waals surface area contributed by atoms with Crippen LogP contribution in [0, 0.1) is 17.8 Å². The number of nitrogens with zero attached hydrogens (tertiary/aromatic N) is 5. The van der Waals surface area contributed by atoms with E-state index in [1.54, 1.807) is 7.05 Å². The average Bonchev–Trinajstić information content (AvgIpc) is 3.40. The lowest BCUT2D eigenvalue weighted by molar-refractivity contribution is -0.910. The van der Waals surface area contributed by atoms with Gasteiger partial charge in [-0.15, -0.1) is 11.8 Å². The number of anilines is 1. The van der Waals surface area contributed by atoms with E-state index in [0.717, 1.165) is 35.9 Å². The summed E-state index contributed by atoms with van der Waals surface area (Å²) in [6.07, 6.45) is 0.883. The zero-order chi connectivity index (χ0) is 26.6. The van der Waals surface area contributed by atoms with Crippen molar-refractivity contribution in [2.45, 2.75) is 17.8 Å². The Morgan fingerprint density at radius 2 is 2.11 bits per heavy atom. The van der Waals surface area contributed by atoms with Crippen molar-refractivity contribution in [1.29, 1.82) is 0 Å². The van der Waals surface area contributed by atoms with E-state index < -0.39 is 34.9 Å². The summed E-state index contributed by atoms with van der Waals surface area (Å²) in [5, 5.41) is 29.0. The standard InChI is InChI=1S/C21H26N8O6S2/c1-23-16(30)11-9-3-4-29(2,6-10(9)11)5-8-7-36-19-13(18(32)28(19)14(8)20(33)34)24-17(31)12(26-35)15-25-21(22)37-27-15/h9-11,13,19H,3-7H2,1-2H3,(H5-,22,23,24,25,27,30,31,33,34,35)/t9?,10?,11?,13-,19+,29?/m1/s1. The lowest BCUT2D eigenvalue weighted by Gasteiger charge is -2.51. The Hall–Kier alpha value is -3.24. The van der Waals surface area contributed by atoms with Crippen LogP contribution in [-0.4, -0.2) is 104 Å². The molecule has 198 valence electrons. The minimum Gasteiger partial charge on any atom is -0.543 e. The molecule has 3 amide bonds. The zero-order valence-electron chi connectivity index (χ0n) is 20.0. The summed E-state index contributed by atoms with van der Waals surface area (Å²) in [6.45, 7) is 1.98. The van der Waals surface area contributed by atoms with Crippen LogP contribution in [0.5, 0.6) is 0 Å². The SMILES string of the molecule is CNC(=O)C1C2CC[N+](C)(CC3=C(C(=O)[O-])N4C(=O)[C@@H](NC(=O)/C(=N\O)c5nsc(N)n5)[C@@H]4SC3)CC21. The molecular formula is C21H26N8O6S2. The lowest BCUT2D eigenvalue weighted by Crippen LogP contribution is -2.72. The molecule has 0 radical (unpaired) electrons. The van der Waals surface area contributed by atoms with Crippen molar-refractivity contribution in [2.24, 2.45) is 22.9 Å². The Bertz CT molecular complexity index is 1250. The molecule has 14 nitrogen and oxygen atoms in total. The average molecular weight is 551 g/mol. The molecule has 1 saturated carbocycles. The number of β-lactam (4-membered cyclic amide) rings is 1. The van der Waals surface area contributed by atoms with Crippen molar-refractivity contribution in [2.75, 3.05) is 45.2 Å². The van der Waals surface area contributed by atoms with Gasteiger partial charge in [0.15, 0.2) is 5.13 Å². The second-order valence-electron chi connectivity index (χ2n) is 9.95. The maximum absolute atomic E-state index is 13.0. The Kier molecular flexibility index (Phi) is 6.35. The summed E-state index contributed by atoms with van der Waals surface area (Å²) < 4.78 is 4.41. The maximum Gasteiger partial charge on any atom is 0.278 e. The van der Waals surface area contributed by atoms with Crippen LogP contribution in [-0.2, 0) is 19.2 Å². The molecule has 0 spiro atoms. The molecule has 37 heavy (non-hydrogen) atoms. The van der Waals surface area contributed by atoms with Gasteiger partial charge in [0.1, 0.15) is 18.0 Å². The number of quaternary nitrogens is 1. The first kappa shape index (κ1) is 25.4. The fraction of sp³-hybridized carbons (Fsp3) is 0.571. The van der Waals surface area contributed by atoms with Gasteiger partial charge in [-0.25, -0.2) is 0 Å². The number of aromatic nitrogens is 2. The number of fused-ring (bicyclic) bond motifs is 2. The number of nitrogens with two attached hydrogens (primary N) is 1. The van der Waals surface area contributed by atoms with Crippen LogP contribution < -0.4 is 21.5 Å². The van der Waals surface area contributed by atoms with Crippen LogP contribution in [0.2, 0.25) is 0 Å². The number of likely N-dealkylation sites (N-methyl/N-ethyl adjacent to an activating group) is 1.